The van der Waals surface area contributed by atoms with Gasteiger partial charge in [0.15, 0.2) is 10.8 Å². The molecule has 0 bridgehead atoms. The maximum absolute atomic E-state index is 14.9. The Morgan fingerprint density at radius 3 is 2.42 bits per heavy atom. The molecule has 4 heterocycles. The van der Waals surface area contributed by atoms with Gasteiger partial charge in [0, 0.05) is 24.2 Å². The Balaban J connectivity index is 1.12. The highest BCUT2D eigenvalue weighted by atomic mass is 32.1. The summed E-state index contributed by atoms with van der Waals surface area (Å²) in [7, 11) is 0. The molecule has 60 heavy (non-hydrogen) atoms. The third-order valence-corrected chi connectivity index (χ3v) is 11.8. The van der Waals surface area contributed by atoms with Crippen LogP contribution in [0.15, 0.2) is 72.8 Å². The smallest absolute Gasteiger partial charge is 0.417 e. The van der Waals surface area contributed by atoms with E-state index in [9.17, 15) is 27.6 Å². The van der Waals surface area contributed by atoms with E-state index in [1.165, 1.54) is 29.5 Å². The number of carbonyl (C=O) groups excluding carboxylic acids is 2. The number of aliphatic carboxylic acids is 1. The number of likely N-dealkylation sites (tertiary alicyclic amines) is 1. The predicted octanol–water partition coefficient (Wildman–Crippen LogP) is 9.49. The molecule has 15 heteroatoms. The normalized spacial score (nSPS) is 15.7. The molecule has 1 atom stereocenters. The monoisotopic (exact) mass is 843 g/mol. The van der Waals surface area contributed by atoms with Crippen LogP contribution >= 0.6 is 11.3 Å². The Labute approximate surface area is 350 Å². The number of aromatic nitrogens is 2. The number of pyridine rings is 1. The Kier molecular flexibility index (Phi) is 12.5. The first-order chi connectivity index (χ1) is 28.5. The molecule has 2 aromatic heterocycles. The second kappa shape index (κ2) is 17.6. The summed E-state index contributed by atoms with van der Waals surface area (Å²) in [5.41, 5.74) is 0.518. The van der Waals surface area contributed by atoms with Crippen LogP contribution in [0.4, 0.5) is 24.1 Å². The van der Waals surface area contributed by atoms with Crippen LogP contribution in [0.1, 0.15) is 90.9 Å². The number of carbonyl (C=O) groups is 3. The molecule has 1 amide bonds. The number of piperidine rings is 1. The maximum atomic E-state index is 14.9. The second-order valence-corrected chi connectivity index (χ2v) is 17.5. The van der Waals surface area contributed by atoms with Crippen LogP contribution in [0.2, 0.25) is 0 Å². The van der Waals surface area contributed by atoms with Gasteiger partial charge in [-0.2, -0.15) is 13.2 Å². The van der Waals surface area contributed by atoms with Crippen molar-refractivity contribution in [3.05, 3.63) is 101 Å². The van der Waals surface area contributed by atoms with Gasteiger partial charge in [0.2, 0.25) is 0 Å². The number of carboxylic acid groups (broad SMARTS) is 1. The van der Waals surface area contributed by atoms with Gasteiger partial charge in [0.1, 0.15) is 17.2 Å². The first-order valence-electron chi connectivity index (χ1n) is 20.1. The fourth-order valence-electron chi connectivity index (χ4n) is 7.86. The molecule has 316 valence electrons. The van der Waals surface area contributed by atoms with Crippen molar-refractivity contribution in [2.24, 2.45) is 5.92 Å². The number of esters is 1. The summed E-state index contributed by atoms with van der Waals surface area (Å²) in [6.45, 7) is 9.00. The number of thiazole rings is 1. The van der Waals surface area contributed by atoms with Crippen LogP contribution in [0.25, 0.3) is 21.3 Å². The van der Waals surface area contributed by atoms with Gasteiger partial charge in [-0.3, -0.25) is 19.8 Å². The fourth-order valence-corrected chi connectivity index (χ4v) is 8.72. The number of ether oxygens (including phenoxy) is 2. The molecule has 1 fully saturated rings. The molecule has 1 saturated heterocycles. The molecular formula is C45H48F3N5O6S. The van der Waals surface area contributed by atoms with Gasteiger partial charge in [0.25, 0.3) is 5.91 Å². The zero-order chi connectivity index (χ0) is 42.8. The van der Waals surface area contributed by atoms with Gasteiger partial charge in [-0.05, 0) is 138 Å². The molecule has 2 N–H and O–H groups in total. The highest BCUT2D eigenvalue weighted by Crippen LogP contribution is 2.41. The van der Waals surface area contributed by atoms with E-state index in [2.05, 4.69) is 15.3 Å². The van der Waals surface area contributed by atoms with E-state index in [1.54, 1.807) is 32.9 Å². The summed E-state index contributed by atoms with van der Waals surface area (Å²) in [5.74, 6) is -1.26. The van der Waals surface area contributed by atoms with Gasteiger partial charge >= 0.3 is 18.1 Å². The van der Waals surface area contributed by atoms with Crippen LogP contribution in [-0.2, 0) is 28.7 Å². The largest absolute Gasteiger partial charge is 0.491 e. The third kappa shape index (κ3) is 10.2. The van der Waals surface area contributed by atoms with Crippen LogP contribution < -0.4 is 15.0 Å². The number of amides is 1. The van der Waals surface area contributed by atoms with Crippen molar-refractivity contribution in [1.82, 2.24) is 14.9 Å². The first-order valence-corrected chi connectivity index (χ1v) is 20.9. The first kappa shape index (κ1) is 42.6. The van der Waals surface area contributed by atoms with E-state index in [-0.39, 0.29) is 47.7 Å². The minimum Gasteiger partial charge on any atom is -0.491 e. The number of anilines is 2. The second-order valence-electron chi connectivity index (χ2n) is 16.4. The van der Waals surface area contributed by atoms with Crippen molar-refractivity contribution in [3.63, 3.8) is 0 Å². The van der Waals surface area contributed by atoms with Gasteiger partial charge in [-0.1, -0.05) is 41.7 Å². The average molecular weight is 844 g/mol. The van der Waals surface area contributed by atoms with Crippen LogP contribution in [0, 0.1) is 5.92 Å². The molecule has 3 aromatic carbocycles. The Morgan fingerprint density at radius 1 is 0.950 bits per heavy atom. The summed E-state index contributed by atoms with van der Waals surface area (Å²) in [6.07, 6.45) is -1.47. The Hall–Kier alpha value is -5.54. The lowest BCUT2D eigenvalue weighted by Gasteiger charge is -2.31. The molecule has 0 radical (unpaired) electrons. The van der Waals surface area contributed by atoms with Crippen molar-refractivity contribution in [1.29, 1.82) is 0 Å². The van der Waals surface area contributed by atoms with Gasteiger partial charge in [-0.25, -0.2) is 14.8 Å². The number of alkyl halides is 3. The van der Waals surface area contributed by atoms with Crippen LogP contribution in [-0.4, -0.2) is 75.7 Å². The molecule has 11 nitrogen and oxygen atoms in total. The number of rotatable bonds is 12. The molecule has 2 aliphatic rings. The number of halogens is 3. The van der Waals surface area contributed by atoms with Crippen molar-refractivity contribution >= 4 is 50.3 Å². The summed E-state index contributed by atoms with van der Waals surface area (Å²) < 4.78 is 57.3. The number of fused-ring (bicyclic) bond motifs is 2. The predicted molar refractivity (Wildman–Crippen MR) is 225 cm³/mol. The van der Waals surface area contributed by atoms with Gasteiger partial charge in [-0.15, -0.1) is 0 Å². The fraction of sp³-hybridized carbons (Fsp3) is 0.400. The summed E-state index contributed by atoms with van der Waals surface area (Å²) in [5, 5.41) is 12.5. The molecule has 0 saturated carbocycles. The lowest BCUT2D eigenvalue weighted by atomic mass is 9.91. The highest BCUT2D eigenvalue weighted by molar-refractivity contribution is 7.22. The lowest BCUT2D eigenvalue weighted by Crippen LogP contribution is -2.37. The summed E-state index contributed by atoms with van der Waals surface area (Å²) >= 11 is 1.38. The average Bonchev–Trinajstić information content (AvgIpc) is 3.61. The number of carboxylic acids is 1. The molecular weight excluding hydrogens is 796 g/mol. The molecule has 5 aromatic rings. The SMILES string of the molecule is C[C@H](CCC1CCN(CC(=O)O)CC1)Oc1ccc(-c2ccc(N3CCc4cccc(C(=O)Nc5nc6ccccc6s5)c4C3)nc2C(=O)OC(C)(C)C)c(C(F)(F)F)c1. The maximum Gasteiger partial charge on any atom is 0.417 e. The standard InChI is InChI=1S/C45H48F3N5O6S/c1-27(12-13-28-18-21-52(22-19-28)26-39(54)55)58-30-14-15-31(35(24-30)45(46,47)48)32-16-17-38(50-40(32)42(57)59-44(2,3)4)53-23-20-29-8-7-9-33(34(29)25-53)41(56)51-43-49-36-10-5-6-11-37(36)60-43/h5-11,14-17,24,27-28H,12-13,18-23,25-26H2,1-4H3,(H,54,55)(H,49,51,56)/t27-/m1/s1. The molecule has 0 unspecified atom stereocenters. The number of hydrogen-bond donors (Lipinski definition) is 2. The lowest BCUT2D eigenvalue weighted by molar-refractivity contribution is -0.139. The van der Waals surface area contributed by atoms with E-state index in [1.807, 2.05) is 53.1 Å². The summed E-state index contributed by atoms with van der Waals surface area (Å²) in [6, 6.07) is 20.0. The van der Waals surface area contributed by atoms with Crippen molar-refractivity contribution in [2.75, 3.05) is 36.4 Å². The topological polar surface area (TPSA) is 134 Å². The number of hydrogen-bond acceptors (Lipinski definition) is 10. The minimum atomic E-state index is -4.80. The van der Waals surface area contributed by atoms with Crippen LogP contribution in [0.3, 0.4) is 0 Å². The number of benzene rings is 3. The van der Waals surface area contributed by atoms with Crippen molar-refractivity contribution in [2.45, 2.75) is 84.2 Å². The molecule has 0 aliphatic carbocycles. The van der Waals surface area contributed by atoms with E-state index in [0.29, 0.717) is 54.9 Å². The van der Waals surface area contributed by atoms with Gasteiger partial charge < -0.3 is 19.5 Å². The minimum absolute atomic E-state index is 0.0202. The highest BCUT2D eigenvalue weighted by Gasteiger charge is 2.37. The number of nitrogens with one attached hydrogen (secondary N) is 1. The van der Waals surface area contributed by atoms with Crippen molar-refractivity contribution in [3.8, 4) is 16.9 Å². The molecule has 7 rings (SSSR count). The van der Waals surface area contributed by atoms with Crippen molar-refractivity contribution < 1.29 is 42.1 Å². The number of para-hydroxylation sites is 1. The zero-order valence-corrected chi connectivity index (χ0v) is 34.8. The van der Waals surface area contributed by atoms with E-state index >= 15 is 0 Å². The van der Waals surface area contributed by atoms with Crippen LogP contribution in [0.5, 0.6) is 5.75 Å². The number of nitrogens with zero attached hydrogens (tertiary/aromatic N) is 4. The molecule has 0 spiro atoms. The summed E-state index contributed by atoms with van der Waals surface area (Å²) in [4.78, 5) is 51.6. The Bertz CT molecular complexity index is 2350. The Morgan fingerprint density at radius 2 is 1.70 bits per heavy atom. The quantitative estimate of drug-likeness (QED) is 0.117. The van der Waals surface area contributed by atoms with E-state index < -0.39 is 29.3 Å². The molecule has 2 aliphatic heterocycles. The van der Waals surface area contributed by atoms with E-state index in [0.717, 1.165) is 46.7 Å². The zero-order valence-electron chi connectivity index (χ0n) is 34.0. The van der Waals surface area contributed by atoms with Gasteiger partial charge in [0.05, 0.1) is 28.4 Å². The van der Waals surface area contributed by atoms with E-state index in [4.69, 9.17) is 14.6 Å². The third-order valence-electron chi connectivity index (χ3n) is 10.8.